The zero-order valence-corrected chi connectivity index (χ0v) is 20.4. The molecule has 4 rings (SSSR count). The summed E-state index contributed by atoms with van der Waals surface area (Å²) in [5.74, 6) is 1.01. The van der Waals surface area contributed by atoms with Gasteiger partial charge in [-0.15, -0.1) is 0 Å². The van der Waals surface area contributed by atoms with E-state index in [1.54, 1.807) is 0 Å². The van der Waals surface area contributed by atoms with Gasteiger partial charge in [-0.2, -0.15) is 0 Å². The third-order valence-electron chi connectivity index (χ3n) is 9.65. The zero-order valence-electron chi connectivity index (χ0n) is 20.4. The summed E-state index contributed by atoms with van der Waals surface area (Å²) in [7, 11) is 0. The normalized spacial score (nSPS) is 44.9. The molecule has 4 aliphatic rings. The van der Waals surface area contributed by atoms with Gasteiger partial charge in [-0.3, -0.25) is 14.4 Å². The fourth-order valence-electron chi connectivity index (χ4n) is 8.16. The first-order chi connectivity index (χ1) is 14.9. The standard InChI is InChI=1S/C26H38O6/c1-15(27)30-18-9-12-26(6)23-19(10-11-24(26,4)13-18)20-7-8-22(32-17(3)29)25(20,5)14-21(23)31-16(2)28/h8,18-21,23H,7,9-14H2,1-6H3/t18-,19+,20+,21-,23-,24+,25+,26-/m1/s1. The van der Waals surface area contributed by atoms with E-state index >= 15 is 0 Å². The molecule has 0 aromatic carbocycles. The van der Waals surface area contributed by atoms with Crippen molar-refractivity contribution >= 4 is 17.9 Å². The minimum atomic E-state index is -0.300. The van der Waals surface area contributed by atoms with Crippen LogP contribution in [0, 0.1) is 34.0 Å². The highest BCUT2D eigenvalue weighted by atomic mass is 16.6. The monoisotopic (exact) mass is 446 g/mol. The maximum Gasteiger partial charge on any atom is 0.307 e. The minimum absolute atomic E-state index is 0.0157. The summed E-state index contributed by atoms with van der Waals surface area (Å²) in [5.41, 5.74) is -0.298. The molecule has 32 heavy (non-hydrogen) atoms. The third kappa shape index (κ3) is 3.58. The topological polar surface area (TPSA) is 78.9 Å². The summed E-state index contributed by atoms with van der Waals surface area (Å²) in [6.45, 7) is 11.3. The van der Waals surface area contributed by atoms with Crippen LogP contribution in [0.4, 0.5) is 0 Å². The number of fused-ring (bicyclic) bond motifs is 5. The molecule has 0 radical (unpaired) electrons. The molecule has 3 saturated carbocycles. The SMILES string of the molecule is CC(=O)OC1=CC[C@H]2[C@@H]3CC[C@@]4(C)C[C@H](OC(C)=O)CC[C@]4(C)[C@H]3[C@H](OC(C)=O)C[C@]12C. The van der Waals surface area contributed by atoms with Gasteiger partial charge in [0, 0.05) is 32.1 Å². The molecular weight excluding hydrogens is 408 g/mol. The summed E-state index contributed by atoms with van der Waals surface area (Å²) in [6.07, 6.45) is 8.18. The van der Waals surface area contributed by atoms with E-state index in [1.807, 2.05) is 0 Å². The van der Waals surface area contributed by atoms with E-state index in [-0.39, 0.29) is 52.3 Å². The summed E-state index contributed by atoms with van der Waals surface area (Å²) in [5, 5.41) is 0. The second kappa shape index (κ2) is 7.88. The lowest BCUT2D eigenvalue weighted by atomic mass is 9.40. The average Bonchev–Trinajstić information content (AvgIpc) is 2.97. The number of rotatable bonds is 3. The molecule has 6 nitrogen and oxygen atoms in total. The van der Waals surface area contributed by atoms with Crippen LogP contribution in [0.3, 0.4) is 0 Å². The minimum Gasteiger partial charge on any atom is -0.463 e. The van der Waals surface area contributed by atoms with Crippen molar-refractivity contribution in [3.8, 4) is 0 Å². The highest BCUT2D eigenvalue weighted by Gasteiger charge is 2.66. The Kier molecular flexibility index (Phi) is 5.74. The van der Waals surface area contributed by atoms with Gasteiger partial charge in [0.25, 0.3) is 0 Å². The van der Waals surface area contributed by atoms with Crippen LogP contribution in [0.5, 0.6) is 0 Å². The van der Waals surface area contributed by atoms with Crippen LogP contribution in [0.15, 0.2) is 11.8 Å². The van der Waals surface area contributed by atoms with Gasteiger partial charge in [-0.05, 0) is 73.7 Å². The Morgan fingerprint density at radius 3 is 2.22 bits per heavy atom. The van der Waals surface area contributed by atoms with Crippen molar-refractivity contribution in [1.29, 1.82) is 0 Å². The van der Waals surface area contributed by atoms with Gasteiger partial charge >= 0.3 is 17.9 Å². The van der Waals surface area contributed by atoms with Crippen LogP contribution in [-0.2, 0) is 28.6 Å². The number of carbonyl (C=O) groups is 3. The van der Waals surface area contributed by atoms with Gasteiger partial charge in [-0.25, -0.2) is 0 Å². The van der Waals surface area contributed by atoms with Crippen molar-refractivity contribution in [2.45, 2.75) is 98.7 Å². The lowest BCUT2D eigenvalue weighted by molar-refractivity contribution is -0.219. The molecule has 6 heteroatoms. The van der Waals surface area contributed by atoms with Crippen molar-refractivity contribution < 1.29 is 28.6 Å². The quantitative estimate of drug-likeness (QED) is 0.451. The summed E-state index contributed by atoms with van der Waals surface area (Å²) in [6, 6.07) is 0. The third-order valence-corrected chi connectivity index (χ3v) is 9.65. The van der Waals surface area contributed by atoms with Gasteiger partial charge in [-0.1, -0.05) is 20.8 Å². The van der Waals surface area contributed by atoms with Crippen molar-refractivity contribution in [3.05, 3.63) is 11.8 Å². The molecular formula is C26H38O6. The Morgan fingerprint density at radius 2 is 1.59 bits per heavy atom. The van der Waals surface area contributed by atoms with E-state index in [1.165, 1.54) is 20.8 Å². The van der Waals surface area contributed by atoms with Gasteiger partial charge in [0.15, 0.2) is 0 Å². The highest BCUT2D eigenvalue weighted by Crippen LogP contribution is 2.70. The predicted octanol–water partition coefficient (Wildman–Crippen LogP) is 4.95. The van der Waals surface area contributed by atoms with Crippen molar-refractivity contribution in [2.24, 2.45) is 34.0 Å². The van der Waals surface area contributed by atoms with Crippen molar-refractivity contribution in [2.75, 3.05) is 0 Å². The maximum absolute atomic E-state index is 12.2. The van der Waals surface area contributed by atoms with E-state index < -0.39 is 0 Å². The maximum atomic E-state index is 12.2. The number of esters is 3. The fraction of sp³-hybridized carbons (Fsp3) is 0.808. The molecule has 0 N–H and O–H groups in total. The summed E-state index contributed by atoms with van der Waals surface area (Å²) < 4.78 is 17.3. The number of ether oxygens (including phenoxy) is 3. The Labute approximate surface area is 191 Å². The zero-order chi connectivity index (χ0) is 23.5. The van der Waals surface area contributed by atoms with Crippen LogP contribution in [0.2, 0.25) is 0 Å². The first-order valence-electron chi connectivity index (χ1n) is 12.1. The molecule has 0 aromatic heterocycles. The Bertz CT molecular complexity index is 847. The van der Waals surface area contributed by atoms with Crippen LogP contribution >= 0.6 is 0 Å². The lowest BCUT2D eigenvalue weighted by Gasteiger charge is -2.66. The molecule has 178 valence electrons. The van der Waals surface area contributed by atoms with Gasteiger partial charge in [0.1, 0.15) is 18.0 Å². The van der Waals surface area contributed by atoms with E-state index in [4.69, 9.17) is 14.2 Å². The molecule has 0 unspecified atom stereocenters. The van der Waals surface area contributed by atoms with E-state index in [2.05, 4.69) is 26.8 Å². The number of allylic oxidation sites excluding steroid dienone is 2. The number of hydrogen-bond acceptors (Lipinski definition) is 6. The lowest BCUT2D eigenvalue weighted by Crippen LogP contribution is -2.63. The molecule has 8 atom stereocenters. The van der Waals surface area contributed by atoms with Crippen LogP contribution in [0.25, 0.3) is 0 Å². The van der Waals surface area contributed by atoms with Crippen molar-refractivity contribution in [1.82, 2.24) is 0 Å². The molecule has 0 aliphatic heterocycles. The predicted molar refractivity (Wildman–Crippen MR) is 118 cm³/mol. The molecule has 0 amide bonds. The fourth-order valence-corrected chi connectivity index (χ4v) is 8.16. The Hall–Kier alpha value is -1.85. The largest absolute Gasteiger partial charge is 0.463 e. The van der Waals surface area contributed by atoms with Crippen molar-refractivity contribution in [3.63, 3.8) is 0 Å². The van der Waals surface area contributed by atoms with Crippen LogP contribution < -0.4 is 0 Å². The summed E-state index contributed by atoms with van der Waals surface area (Å²) >= 11 is 0. The molecule has 0 aromatic rings. The Balaban J connectivity index is 1.69. The second-order valence-electron chi connectivity index (χ2n) is 11.5. The first-order valence-corrected chi connectivity index (χ1v) is 12.1. The molecule has 0 bridgehead atoms. The van der Waals surface area contributed by atoms with Gasteiger partial charge < -0.3 is 14.2 Å². The summed E-state index contributed by atoms with van der Waals surface area (Å²) in [4.78, 5) is 35.5. The number of carbonyl (C=O) groups excluding carboxylic acids is 3. The second-order valence-corrected chi connectivity index (χ2v) is 11.5. The molecule has 0 saturated heterocycles. The van der Waals surface area contributed by atoms with Crippen LogP contribution in [0.1, 0.15) is 86.5 Å². The molecule has 4 aliphatic carbocycles. The average molecular weight is 447 g/mol. The van der Waals surface area contributed by atoms with Crippen LogP contribution in [-0.4, -0.2) is 30.1 Å². The van der Waals surface area contributed by atoms with E-state index in [9.17, 15) is 14.4 Å². The van der Waals surface area contributed by atoms with Gasteiger partial charge in [0.2, 0.25) is 0 Å². The highest BCUT2D eigenvalue weighted by molar-refractivity contribution is 5.68. The van der Waals surface area contributed by atoms with Gasteiger partial charge in [0.05, 0.1) is 0 Å². The molecule has 0 spiro atoms. The van der Waals surface area contributed by atoms with E-state index in [0.29, 0.717) is 18.3 Å². The van der Waals surface area contributed by atoms with E-state index in [0.717, 1.165) is 44.3 Å². The molecule has 3 fully saturated rings. The first kappa shape index (κ1) is 23.3. The number of hydrogen-bond donors (Lipinski definition) is 0. The Morgan fingerprint density at radius 1 is 0.906 bits per heavy atom. The smallest absolute Gasteiger partial charge is 0.307 e. The molecule has 0 heterocycles.